The Bertz CT molecular complexity index is 430. The number of carbonyl (C=O) groups is 1. The van der Waals surface area contributed by atoms with Crippen molar-refractivity contribution >= 4 is 22.6 Å². The SMILES string of the molecule is COC(=O)C1CCCN1c1nc(C2CC2)ns1. The lowest BCUT2D eigenvalue weighted by atomic mass is 10.2. The van der Waals surface area contributed by atoms with Crippen LogP contribution in [0.1, 0.15) is 37.4 Å². The minimum atomic E-state index is -0.167. The second-order valence-corrected chi connectivity index (χ2v) is 5.31. The molecule has 0 radical (unpaired) electrons. The lowest BCUT2D eigenvalue weighted by molar-refractivity contribution is -0.141. The fourth-order valence-corrected chi connectivity index (χ4v) is 3.05. The molecule has 1 saturated heterocycles. The highest BCUT2D eigenvalue weighted by Gasteiger charge is 2.35. The summed E-state index contributed by atoms with van der Waals surface area (Å²) < 4.78 is 9.21. The van der Waals surface area contributed by atoms with Crippen LogP contribution >= 0.6 is 11.5 Å². The van der Waals surface area contributed by atoms with Crippen molar-refractivity contribution in [2.75, 3.05) is 18.6 Å². The average molecular weight is 253 g/mol. The number of hydrogen-bond donors (Lipinski definition) is 0. The van der Waals surface area contributed by atoms with E-state index in [9.17, 15) is 4.79 Å². The minimum absolute atomic E-state index is 0.161. The molecule has 5 nitrogen and oxygen atoms in total. The summed E-state index contributed by atoms with van der Waals surface area (Å²) in [6, 6.07) is -0.167. The molecule has 1 unspecified atom stereocenters. The molecule has 1 aromatic heterocycles. The van der Waals surface area contributed by atoms with Gasteiger partial charge in [0.25, 0.3) is 0 Å². The van der Waals surface area contributed by atoms with E-state index in [1.54, 1.807) is 0 Å². The minimum Gasteiger partial charge on any atom is -0.467 e. The van der Waals surface area contributed by atoms with E-state index in [1.165, 1.54) is 31.5 Å². The summed E-state index contributed by atoms with van der Waals surface area (Å²) in [4.78, 5) is 18.2. The topological polar surface area (TPSA) is 55.3 Å². The molecule has 2 aliphatic rings. The van der Waals surface area contributed by atoms with E-state index in [2.05, 4.69) is 9.36 Å². The van der Waals surface area contributed by atoms with Crippen LogP contribution in [0.15, 0.2) is 0 Å². The van der Waals surface area contributed by atoms with Crippen molar-refractivity contribution in [3.8, 4) is 0 Å². The summed E-state index contributed by atoms with van der Waals surface area (Å²) in [5.41, 5.74) is 0. The quantitative estimate of drug-likeness (QED) is 0.765. The van der Waals surface area contributed by atoms with E-state index in [4.69, 9.17) is 4.74 Å². The van der Waals surface area contributed by atoms with E-state index in [0.29, 0.717) is 5.92 Å². The van der Waals surface area contributed by atoms with Gasteiger partial charge in [0.05, 0.1) is 7.11 Å². The predicted molar refractivity (Wildman–Crippen MR) is 64.3 cm³/mol. The maximum absolute atomic E-state index is 11.6. The van der Waals surface area contributed by atoms with E-state index < -0.39 is 0 Å². The maximum Gasteiger partial charge on any atom is 0.328 e. The molecular formula is C11H15N3O2S. The number of hydrogen-bond acceptors (Lipinski definition) is 6. The van der Waals surface area contributed by atoms with Crippen molar-refractivity contribution in [1.29, 1.82) is 0 Å². The molecule has 0 amide bonds. The number of anilines is 1. The van der Waals surface area contributed by atoms with Crippen LogP contribution in [0.4, 0.5) is 5.13 Å². The summed E-state index contributed by atoms with van der Waals surface area (Å²) in [6.45, 7) is 0.874. The van der Waals surface area contributed by atoms with Crippen LogP contribution < -0.4 is 4.90 Å². The first-order valence-electron chi connectivity index (χ1n) is 5.97. The Morgan fingerprint density at radius 3 is 3.00 bits per heavy atom. The molecule has 17 heavy (non-hydrogen) atoms. The fourth-order valence-electron chi connectivity index (χ4n) is 2.23. The number of methoxy groups -OCH3 is 1. The van der Waals surface area contributed by atoms with Crippen molar-refractivity contribution in [1.82, 2.24) is 9.36 Å². The first kappa shape index (κ1) is 11.0. The Balaban J connectivity index is 1.78. The van der Waals surface area contributed by atoms with Crippen LogP contribution in [0.3, 0.4) is 0 Å². The third-order valence-electron chi connectivity index (χ3n) is 3.35. The van der Waals surface area contributed by atoms with Gasteiger partial charge in [-0.2, -0.15) is 4.37 Å². The van der Waals surface area contributed by atoms with Gasteiger partial charge in [-0.05, 0) is 25.7 Å². The summed E-state index contributed by atoms with van der Waals surface area (Å²) >= 11 is 1.40. The molecule has 6 heteroatoms. The first-order chi connectivity index (χ1) is 8.29. The largest absolute Gasteiger partial charge is 0.467 e. The van der Waals surface area contributed by atoms with Gasteiger partial charge in [-0.1, -0.05) is 0 Å². The Morgan fingerprint density at radius 1 is 1.47 bits per heavy atom. The number of nitrogens with zero attached hydrogens (tertiary/aromatic N) is 3. The summed E-state index contributed by atoms with van der Waals surface area (Å²) in [6.07, 6.45) is 4.27. The molecule has 1 aliphatic carbocycles. The highest BCUT2D eigenvalue weighted by atomic mass is 32.1. The van der Waals surface area contributed by atoms with Crippen molar-refractivity contribution in [2.24, 2.45) is 0 Å². The normalized spacial score (nSPS) is 24.1. The van der Waals surface area contributed by atoms with Gasteiger partial charge < -0.3 is 9.64 Å². The highest BCUT2D eigenvalue weighted by molar-refractivity contribution is 7.09. The van der Waals surface area contributed by atoms with Crippen LogP contribution in [-0.2, 0) is 9.53 Å². The number of carbonyl (C=O) groups excluding carboxylic acids is 1. The lowest BCUT2D eigenvalue weighted by Crippen LogP contribution is -2.36. The van der Waals surface area contributed by atoms with Crippen molar-refractivity contribution < 1.29 is 9.53 Å². The van der Waals surface area contributed by atoms with Gasteiger partial charge >= 0.3 is 5.97 Å². The molecule has 0 bridgehead atoms. The van der Waals surface area contributed by atoms with Crippen LogP contribution in [0.2, 0.25) is 0 Å². The molecule has 1 aliphatic heterocycles. The van der Waals surface area contributed by atoms with Gasteiger partial charge in [0.15, 0.2) is 0 Å². The van der Waals surface area contributed by atoms with Crippen molar-refractivity contribution in [3.63, 3.8) is 0 Å². The van der Waals surface area contributed by atoms with E-state index in [0.717, 1.165) is 30.3 Å². The monoisotopic (exact) mass is 253 g/mol. The standard InChI is InChI=1S/C11H15N3O2S/c1-16-10(15)8-3-2-6-14(8)11-12-9(13-17-11)7-4-5-7/h7-8H,2-6H2,1H3. The molecular weight excluding hydrogens is 238 g/mol. The van der Waals surface area contributed by atoms with Gasteiger partial charge in [0, 0.05) is 24.0 Å². The molecule has 1 saturated carbocycles. The molecule has 1 atom stereocenters. The smallest absolute Gasteiger partial charge is 0.328 e. The number of esters is 1. The number of ether oxygens (including phenoxy) is 1. The zero-order chi connectivity index (χ0) is 11.8. The molecule has 0 aromatic carbocycles. The van der Waals surface area contributed by atoms with Crippen LogP contribution in [0.25, 0.3) is 0 Å². The van der Waals surface area contributed by atoms with Gasteiger partial charge in [-0.25, -0.2) is 9.78 Å². The molecule has 1 aromatic rings. The van der Waals surface area contributed by atoms with Crippen molar-refractivity contribution in [2.45, 2.75) is 37.6 Å². The Kier molecular flexibility index (Phi) is 2.74. The van der Waals surface area contributed by atoms with Gasteiger partial charge in [0.1, 0.15) is 11.9 Å². The molecule has 2 fully saturated rings. The number of aromatic nitrogens is 2. The lowest BCUT2D eigenvalue weighted by Gasteiger charge is -2.20. The first-order valence-corrected chi connectivity index (χ1v) is 6.75. The van der Waals surface area contributed by atoms with Crippen LogP contribution in [-0.4, -0.2) is 35.0 Å². The van der Waals surface area contributed by atoms with Crippen LogP contribution in [0.5, 0.6) is 0 Å². The zero-order valence-corrected chi connectivity index (χ0v) is 10.6. The molecule has 0 N–H and O–H groups in total. The fraction of sp³-hybridized carbons (Fsp3) is 0.727. The second kappa shape index (κ2) is 4.25. The number of rotatable bonds is 3. The Labute approximate surface area is 104 Å². The Hall–Kier alpha value is -1.17. The second-order valence-electron chi connectivity index (χ2n) is 4.58. The zero-order valence-electron chi connectivity index (χ0n) is 9.76. The molecule has 0 spiro atoms. The third-order valence-corrected chi connectivity index (χ3v) is 4.11. The summed E-state index contributed by atoms with van der Waals surface area (Å²) in [5, 5.41) is 0.875. The highest BCUT2D eigenvalue weighted by Crippen LogP contribution is 2.40. The molecule has 3 rings (SSSR count). The van der Waals surface area contributed by atoms with Crippen LogP contribution in [0, 0.1) is 0 Å². The van der Waals surface area contributed by atoms with Crippen molar-refractivity contribution in [3.05, 3.63) is 5.82 Å². The summed E-state index contributed by atoms with van der Waals surface area (Å²) in [5.74, 6) is 1.37. The summed E-state index contributed by atoms with van der Waals surface area (Å²) in [7, 11) is 1.44. The van der Waals surface area contributed by atoms with Gasteiger partial charge in [-0.3, -0.25) is 0 Å². The predicted octanol–water partition coefficient (Wildman–Crippen LogP) is 1.56. The van der Waals surface area contributed by atoms with E-state index in [-0.39, 0.29) is 12.0 Å². The van der Waals surface area contributed by atoms with E-state index in [1.807, 2.05) is 4.90 Å². The van der Waals surface area contributed by atoms with E-state index >= 15 is 0 Å². The van der Waals surface area contributed by atoms with Gasteiger partial charge in [-0.15, -0.1) is 0 Å². The third kappa shape index (κ3) is 2.01. The van der Waals surface area contributed by atoms with Gasteiger partial charge in [0.2, 0.25) is 5.13 Å². The Morgan fingerprint density at radius 2 is 2.29 bits per heavy atom. The molecule has 92 valence electrons. The maximum atomic E-state index is 11.6. The average Bonchev–Trinajstić information content (AvgIpc) is 2.91. The molecule has 2 heterocycles.